The highest BCUT2D eigenvalue weighted by Crippen LogP contribution is 2.58. The minimum atomic E-state index is 0.0186. The Balaban J connectivity index is 1.24. The molecule has 1 N–H and O–H groups in total. The largest absolute Gasteiger partial charge is 0.352 e. The van der Waals surface area contributed by atoms with Gasteiger partial charge in [-0.3, -0.25) is 14.6 Å². The second-order valence-electron chi connectivity index (χ2n) is 7.74. The molecule has 2 aromatic rings. The highest BCUT2D eigenvalue weighted by atomic mass is 16.2. The fourth-order valence-corrected chi connectivity index (χ4v) is 4.15. The number of nitrogens with zero attached hydrogens (tertiary/aromatic N) is 2. The smallest absolute Gasteiger partial charge is 0.224 e. The highest BCUT2D eigenvalue weighted by Gasteiger charge is 2.61. The molecule has 1 aliphatic heterocycles. The first-order valence-electron chi connectivity index (χ1n) is 9.65. The summed E-state index contributed by atoms with van der Waals surface area (Å²) < 4.78 is 0. The third-order valence-electron chi connectivity index (χ3n) is 5.93. The van der Waals surface area contributed by atoms with Crippen molar-refractivity contribution in [2.75, 3.05) is 13.1 Å². The number of nitrogens with one attached hydrogen (secondary N) is 1. The van der Waals surface area contributed by atoms with Crippen LogP contribution in [-0.2, 0) is 22.6 Å². The van der Waals surface area contributed by atoms with E-state index >= 15 is 0 Å². The molecule has 5 heteroatoms. The second-order valence-corrected chi connectivity index (χ2v) is 7.74. The first-order valence-corrected chi connectivity index (χ1v) is 9.65. The van der Waals surface area contributed by atoms with Gasteiger partial charge in [0.05, 0.1) is 0 Å². The SMILES string of the molecule is O=C(NCc1ccncc1)[C@@H]1C[C@@]12CCN(C(=O)CCc1ccccc1)C2. The molecule has 2 aliphatic rings. The Bertz CT molecular complexity index is 753. The average Bonchev–Trinajstić information content (AvgIpc) is 3.25. The number of rotatable bonds is 6. The topological polar surface area (TPSA) is 62.3 Å². The summed E-state index contributed by atoms with van der Waals surface area (Å²) in [5.74, 6) is 0.371. The number of likely N-dealkylation sites (tertiary alicyclic amines) is 1. The summed E-state index contributed by atoms with van der Waals surface area (Å²) >= 11 is 0. The van der Waals surface area contributed by atoms with Crippen molar-refractivity contribution in [3.63, 3.8) is 0 Å². The Kier molecular flexibility index (Phi) is 4.92. The molecule has 4 rings (SSSR count). The van der Waals surface area contributed by atoms with E-state index in [1.54, 1.807) is 12.4 Å². The molecule has 1 aromatic heterocycles. The van der Waals surface area contributed by atoms with Crippen LogP contribution in [-0.4, -0.2) is 34.8 Å². The van der Waals surface area contributed by atoms with Gasteiger partial charge in [-0.15, -0.1) is 0 Å². The maximum Gasteiger partial charge on any atom is 0.224 e. The van der Waals surface area contributed by atoms with E-state index in [9.17, 15) is 9.59 Å². The molecule has 1 saturated heterocycles. The summed E-state index contributed by atoms with van der Waals surface area (Å²) in [6.45, 7) is 2.05. The van der Waals surface area contributed by atoms with Crippen LogP contribution in [0.25, 0.3) is 0 Å². The van der Waals surface area contributed by atoms with Crippen LogP contribution in [0.4, 0.5) is 0 Å². The molecule has 5 nitrogen and oxygen atoms in total. The van der Waals surface area contributed by atoms with Gasteiger partial charge >= 0.3 is 0 Å². The number of pyridine rings is 1. The van der Waals surface area contributed by atoms with Crippen LogP contribution in [0, 0.1) is 11.3 Å². The fourth-order valence-electron chi connectivity index (χ4n) is 4.15. The maximum absolute atomic E-state index is 12.5. The van der Waals surface area contributed by atoms with E-state index in [4.69, 9.17) is 0 Å². The van der Waals surface area contributed by atoms with Crippen molar-refractivity contribution in [1.82, 2.24) is 15.2 Å². The number of aryl methyl sites for hydroxylation is 1. The predicted molar refractivity (Wildman–Crippen MR) is 103 cm³/mol. The van der Waals surface area contributed by atoms with Crippen LogP contribution in [0.3, 0.4) is 0 Å². The van der Waals surface area contributed by atoms with E-state index in [2.05, 4.69) is 22.4 Å². The third-order valence-corrected chi connectivity index (χ3v) is 5.93. The summed E-state index contributed by atoms with van der Waals surface area (Å²) in [6.07, 6.45) is 6.62. The quantitative estimate of drug-likeness (QED) is 0.858. The van der Waals surface area contributed by atoms with E-state index in [1.165, 1.54) is 5.56 Å². The van der Waals surface area contributed by atoms with Gasteiger partial charge in [-0.2, -0.15) is 0 Å². The number of carbonyl (C=O) groups is 2. The molecule has 2 amide bonds. The Morgan fingerprint density at radius 2 is 1.89 bits per heavy atom. The number of benzene rings is 1. The van der Waals surface area contributed by atoms with Crippen molar-refractivity contribution in [2.24, 2.45) is 11.3 Å². The van der Waals surface area contributed by atoms with Crippen LogP contribution >= 0.6 is 0 Å². The van der Waals surface area contributed by atoms with Crippen LogP contribution in [0.2, 0.25) is 0 Å². The van der Waals surface area contributed by atoms with Gasteiger partial charge in [-0.1, -0.05) is 30.3 Å². The molecule has 1 aromatic carbocycles. The summed E-state index contributed by atoms with van der Waals surface area (Å²) in [6, 6.07) is 13.9. The summed E-state index contributed by atoms with van der Waals surface area (Å²) in [5.41, 5.74) is 2.27. The zero-order valence-electron chi connectivity index (χ0n) is 15.4. The summed E-state index contributed by atoms with van der Waals surface area (Å²) in [4.78, 5) is 31.0. The lowest BCUT2D eigenvalue weighted by Crippen LogP contribution is -2.31. The van der Waals surface area contributed by atoms with Gasteiger partial charge in [-0.25, -0.2) is 0 Å². The molecule has 0 bridgehead atoms. The summed E-state index contributed by atoms with van der Waals surface area (Å²) in [5, 5.41) is 3.03. The number of hydrogen-bond donors (Lipinski definition) is 1. The molecule has 2 fully saturated rings. The molecule has 1 saturated carbocycles. The maximum atomic E-state index is 12.5. The molecule has 0 unspecified atom stereocenters. The third kappa shape index (κ3) is 4.02. The van der Waals surface area contributed by atoms with E-state index in [1.807, 2.05) is 35.2 Å². The second kappa shape index (κ2) is 7.51. The van der Waals surface area contributed by atoms with Gasteiger partial charge in [0.15, 0.2) is 0 Å². The van der Waals surface area contributed by atoms with Crippen LogP contribution in [0.15, 0.2) is 54.9 Å². The minimum absolute atomic E-state index is 0.0186. The molecule has 140 valence electrons. The molecule has 1 spiro atoms. The first-order chi connectivity index (χ1) is 13.2. The zero-order chi connectivity index (χ0) is 18.7. The van der Waals surface area contributed by atoms with Crippen molar-refractivity contribution in [3.8, 4) is 0 Å². The average molecular weight is 363 g/mol. The molecule has 2 atom stereocenters. The molecular weight excluding hydrogens is 338 g/mol. The molecule has 2 heterocycles. The van der Waals surface area contributed by atoms with E-state index in [0.29, 0.717) is 13.0 Å². The fraction of sp³-hybridized carbons (Fsp3) is 0.409. The zero-order valence-corrected chi connectivity index (χ0v) is 15.4. The molecule has 0 radical (unpaired) electrons. The lowest BCUT2D eigenvalue weighted by Gasteiger charge is -2.17. The number of carbonyl (C=O) groups excluding carboxylic acids is 2. The first kappa shape index (κ1) is 17.7. The van der Waals surface area contributed by atoms with E-state index in [-0.39, 0.29) is 23.1 Å². The van der Waals surface area contributed by atoms with Gasteiger partial charge in [-0.05, 0) is 42.5 Å². The van der Waals surface area contributed by atoms with Crippen molar-refractivity contribution in [1.29, 1.82) is 0 Å². The Hall–Kier alpha value is -2.69. The van der Waals surface area contributed by atoms with Gasteiger partial charge in [0.25, 0.3) is 0 Å². The monoisotopic (exact) mass is 363 g/mol. The number of aromatic nitrogens is 1. The lowest BCUT2D eigenvalue weighted by atomic mass is 10.0. The van der Waals surface area contributed by atoms with Gasteiger partial charge in [0, 0.05) is 49.8 Å². The Labute approximate surface area is 159 Å². The van der Waals surface area contributed by atoms with Gasteiger partial charge < -0.3 is 10.2 Å². The van der Waals surface area contributed by atoms with Crippen molar-refractivity contribution in [3.05, 3.63) is 66.0 Å². The van der Waals surface area contributed by atoms with Gasteiger partial charge in [0.2, 0.25) is 11.8 Å². The Morgan fingerprint density at radius 1 is 1.11 bits per heavy atom. The van der Waals surface area contributed by atoms with Crippen LogP contribution in [0.5, 0.6) is 0 Å². The minimum Gasteiger partial charge on any atom is -0.352 e. The molecular formula is C22H25N3O2. The Morgan fingerprint density at radius 3 is 2.67 bits per heavy atom. The molecule has 1 aliphatic carbocycles. The van der Waals surface area contributed by atoms with Crippen molar-refractivity contribution in [2.45, 2.75) is 32.2 Å². The lowest BCUT2D eigenvalue weighted by molar-refractivity contribution is -0.130. The standard InChI is InChI=1S/C22H25N3O2/c26-20(7-6-17-4-2-1-3-5-17)25-13-10-22(16-25)14-19(22)21(27)24-15-18-8-11-23-12-9-18/h1-5,8-9,11-12,19H,6-7,10,13-16H2,(H,24,27)/t19-,22+/m0/s1. The van der Waals surface area contributed by atoms with Crippen LogP contribution < -0.4 is 5.32 Å². The van der Waals surface area contributed by atoms with E-state index < -0.39 is 0 Å². The number of amides is 2. The summed E-state index contributed by atoms with van der Waals surface area (Å²) in [7, 11) is 0. The predicted octanol–water partition coefficient (Wildman–Crippen LogP) is 2.57. The van der Waals surface area contributed by atoms with Gasteiger partial charge in [0.1, 0.15) is 0 Å². The van der Waals surface area contributed by atoms with Crippen molar-refractivity contribution >= 4 is 11.8 Å². The molecule has 27 heavy (non-hydrogen) atoms. The van der Waals surface area contributed by atoms with E-state index in [0.717, 1.165) is 37.9 Å². The van der Waals surface area contributed by atoms with Crippen molar-refractivity contribution < 1.29 is 9.59 Å². The highest BCUT2D eigenvalue weighted by molar-refractivity contribution is 5.83. The number of hydrogen-bond acceptors (Lipinski definition) is 3. The normalized spacial score (nSPS) is 23.4. The van der Waals surface area contributed by atoms with Crippen LogP contribution in [0.1, 0.15) is 30.4 Å².